The average molecular weight is 220 g/mol. The van der Waals surface area contributed by atoms with Crippen molar-refractivity contribution in [2.45, 2.75) is 26.3 Å². The van der Waals surface area contributed by atoms with Crippen LogP contribution in [0.25, 0.3) is 11.5 Å². The van der Waals surface area contributed by atoms with Gasteiger partial charge in [-0.3, -0.25) is 0 Å². The number of aromatic nitrogens is 1. The fraction of sp³-hybridized carbons (Fsp3) is 0.417. The second kappa shape index (κ2) is 4.53. The minimum absolute atomic E-state index is 0.106. The Labute approximate surface area is 94.7 Å². The first kappa shape index (κ1) is 11.0. The monoisotopic (exact) mass is 220 g/mol. The molecule has 0 fully saturated rings. The van der Waals surface area contributed by atoms with Crippen LogP contribution in [0, 0.1) is 0 Å². The molecular formula is C12H16N2O2. The second-order valence-electron chi connectivity index (χ2n) is 3.69. The molecular weight excluding hydrogens is 204 g/mol. The van der Waals surface area contributed by atoms with E-state index in [0.29, 0.717) is 11.7 Å². The van der Waals surface area contributed by atoms with Crippen molar-refractivity contribution < 1.29 is 8.83 Å². The van der Waals surface area contributed by atoms with Crippen LogP contribution in [-0.2, 0) is 6.42 Å². The first-order valence-corrected chi connectivity index (χ1v) is 5.46. The van der Waals surface area contributed by atoms with Crippen LogP contribution in [-0.4, -0.2) is 12.0 Å². The Morgan fingerprint density at radius 2 is 2.12 bits per heavy atom. The Morgan fingerprint density at radius 3 is 2.75 bits per heavy atom. The van der Waals surface area contributed by atoms with Gasteiger partial charge in [-0.25, -0.2) is 4.98 Å². The Morgan fingerprint density at radius 1 is 1.31 bits per heavy atom. The molecule has 0 aliphatic carbocycles. The summed E-state index contributed by atoms with van der Waals surface area (Å²) in [4.78, 5) is 4.21. The molecule has 0 aliphatic rings. The van der Waals surface area contributed by atoms with Gasteiger partial charge < -0.3 is 14.2 Å². The topological polar surface area (TPSA) is 51.2 Å². The zero-order valence-electron chi connectivity index (χ0n) is 9.78. The van der Waals surface area contributed by atoms with Crippen LogP contribution in [0.4, 0.5) is 0 Å². The van der Waals surface area contributed by atoms with E-state index in [1.165, 1.54) is 0 Å². The largest absolute Gasteiger partial charge is 0.458 e. The molecule has 2 aromatic heterocycles. The quantitative estimate of drug-likeness (QED) is 0.860. The summed E-state index contributed by atoms with van der Waals surface area (Å²) in [5, 5.41) is 3.08. The van der Waals surface area contributed by atoms with E-state index in [9.17, 15) is 0 Å². The van der Waals surface area contributed by atoms with Crippen LogP contribution in [0.5, 0.6) is 0 Å². The zero-order chi connectivity index (χ0) is 11.5. The molecule has 4 nitrogen and oxygen atoms in total. The Bertz CT molecular complexity index is 459. The molecule has 2 aromatic rings. The van der Waals surface area contributed by atoms with Gasteiger partial charge in [-0.05, 0) is 26.1 Å². The molecule has 86 valence electrons. The van der Waals surface area contributed by atoms with Crippen LogP contribution >= 0.6 is 0 Å². The van der Waals surface area contributed by atoms with E-state index in [4.69, 9.17) is 8.83 Å². The van der Waals surface area contributed by atoms with Gasteiger partial charge in [0.2, 0.25) is 5.89 Å². The molecule has 1 unspecified atom stereocenters. The standard InChI is InChI=1S/C12H16N2O2/c1-4-9-5-6-10(15-9)11-7-14-12(16-11)8(2)13-3/h5-8,13H,4H2,1-3H3. The molecule has 0 aliphatic heterocycles. The third-order valence-corrected chi connectivity index (χ3v) is 2.58. The summed E-state index contributed by atoms with van der Waals surface area (Å²) in [7, 11) is 1.87. The summed E-state index contributed by atoms with van der Waals surface area (Å²) in [6.07, 6.45) is 2.58. The SMILES string of the molecule is CCc1ccc(-c2cnc(C(C)NC)o2)o1. The highest BCUT2D eigenvalue weighted by molar-refractivity contribution is 5.48. The first-order chi connectivity index (χ1) is 7.74. The van der Waals surface area contributed by atoms with Crippen LogP contribution in [0.2, 0.25) is 0 Å². The second-order valence-corrected chi connectivity index (χ2v) is 3.69. The molecule has 1 atom stereocenters. The lowest BCUT2D eigenvalue weighted by atomic mass is 10.3. The summed E-state index contributed by atoms with van der Waals surface area (Å²) < 4.78 is 11.2. The average Bonchev–Trinajstić information content (AvgIpc) is 2.95. The van der Waals surface area contributed by atoms with Crippen molar-refractivity contribution in [1.29, 1.82) is 0 Å². The molecule has 4 heteroatoms. The number of nitrogens with zero attached hydrogens (tertiary/aromatic N) is 1. The smallest absolute Gasteiger partial charge is 0.211 e. The van der Waals surface area contributed by atoms with Gasteiger partial charge in [0.05, 0.1) is 12.2 Å². The lowest BCUT2D eigenvalue weighted by Gasteiger charge is -2.03. The molecule has 1 N–H and O–H groups in total. The van der Waals surface area contributed by atoms with Gasteiger partial charge >= 0.3 is 0 Å². The lowest BCUT2D eigenvalue weighted by molar-refractivity contribution is 0.427. The lowest BCUT2D eigenvalue weighted by Crippen LogP contribution is -2.12. The summed E-state index contributed by atoms with van der Waals surface area (Å²) in [5.74, 6) is 3.04. The molecule has 0 saturated carbocycles. The highest BCUT2D eigenvalue weighted by Crippen LogP contribution is 2.25. The van der Waals surface area contributed by atoms with Gasteiger partial charge in [0.25, 0.3) is 0 Å². The third kappa shape index (κ3) is 2.02. The maximum absolute atomic E-state index is 5.61. The van der Waals surface area contributed by atoms with Gasteiger partial charge in [0.1, 0.15) is 5.76 Å². The Hall–Kier alpha value is -1.55. The molecule has 0 spiro atoms. The van der Waals surface area contributed by atoms with Crippen molar-refractivity contribution in [3.05, 3.63) is 30.0 Å². The van der Waals surface area contributed by atoms with Gasteiger partial charge in [0.15, 0.2) is 11.5 Å². The van der Waals surface area contributed by atoms with E-state index >= 15 is 0 Å². The number of nitrogens with one attached hydrogen (secondary N) is 1. The maximum atomic E-state index is 5.61. The van der Waals surface area contributed by atoms with Crippen molar-refractivity contribution in [3.63, 3.8) is 0 Å². The number of oxazole rings is 1. The van der Waals surface area contributed by atoms with Crippen molar-refractivity contribution in [3.8, 4) is 11.5 Å². The van der Waals surface area contributed by atoms with Gasteiger partial charge in [-0.15, -0.1) is 0 Å². The minimum Gasteiger partial charge on any atom is -0.458 e. The summed E-state index contributed by atoms with van der Waals surface area (Å²) >= 11 is 0. The fourth-order valence-electron chi connectivity index (χ4n) is 1.43. The molecule has 2 rings (SSSR count). The maximum Gasteiger partial charge on any atom is 0.211 e. The van der Waals surface area contributed by atoms with E-state index in [2.05, 4.69) is 17.2 Å². The summed E-state index contributed by atoms with van der Waals surface area (Å²) in [6.45, 7) is 4.05. The van der Waals surface area contributed by atoms with E-state index in [-0.39, 0.29) is 6.04 Å². The predicted molar refractivity (Wildman–Crippen MR) is 61.1 cm³/mol. The highest BCUT2D eigenvalue weighted by atomic mass is 16.4. The van der Waals surface area contributed by atoms with Crippen molar-refractivity contribution in [2.24, 2.45) is 0 Å². The summed E-state index contributed by atoms with van der Waals surface area (Å²) in [6, 6.07) is 3.97. The minimum atomic E-state index is 0.106. The number of hydrogen-bond acceptors (Lipinski definition) is 4. The Balaban J connectivity index is 2.24. The van der Waals surface area contributed by atoms with E-state index in [0.717, 1.165) is 17.9 Å². The number of hydrogen-bond donors (Lipinski definition) is 1. The third-order valence-electron chi connectivity index (χ3n) is 2.58. The summed E-state index contributed by atoms with van der Waals surface area (Å²) in [5.41, 5.74) is 0. The van der Waals surface area contributed by atoms with Crippen LogP contribution < -0.4 is 5.32 Å². The molecule has 16 heavy (non-hydrogen) atoms. The van der Waals surface area contributed by atoms with E-state index in [1.54, 1.807) is 6.20 Å². The van der Waals surface area contributed by atoms with Crippen LogP contribution in [0.3, 0.4) is 0 Å². The van der Waals surface area contributed by atoms with Crippen molar-refractivity contribution >= 4 is 0 Å². The van der Waals surface area contributed by atoms with E-state index in [1.807, 2.05) is 26.1 Å². The first-order valence-electron chi connectivity index (χ1n) is 5.46. The molecule has 0 amide bonds. The van der Waals surface area contributed by atoms with Gasteiger partial charge in [0, 0.05) is 6.42 Å². The zero-order valence-corrected chi connectivity index (χ0v) is 9.78. The van der Waals surface area contributed by atoms with Crippen LogP contribution in [0.1, 0.15) is 31.5 Å². The van der Waals surface area contributed by atoms with Crippen LogP contribution in [0.15, 0.2) is 27.2 Å². The van der Waals surface area contributed by atoms with Crippen molar-refractivity contribution in [2.75, 3.05) is 7.05 Å². The van der Waals surface area contributed by atoms with E-state index < -0.39 is 0 Å². The fourth-order valence-corrected chi connectivity index (χ4v) is 1.43. The Kier molecular flexibility index (Phi) is 3.10. The molecule has 2 heterocycles. The highest BCUT2D eigenvalue weighted by Gasteiger charge is 2.13. The number of rotatable bonds is 4. The van der Waals surface area contributed by atoms with Gasteiger partial charge in [-0.2, -0.15) is 0 Å². The molecule has 0 bridgehead atoms. The van der Waals surface area contributed by atoms with Crippen molar-refractivity contribution in [1.82, 2.24) is 10.3 Å². The number of furan rings is 1. The normalized spacial score (nSPS) is 12.9. The molecule has 0 aromatic carbocycles. The molecule has 0 radical (unpaired) electrons. The molecule has 0 saturated heterocycles. The van der Waals surface area contributed by atoms with Gasteiger partial charge in [-0.1, -0.05) is 6.92 Å². The predicted octanol–water partition coefficient (Wildman–Crippen LogP) is 2.78. The number of aryl methyl sites for hydroxylation is 1.